The lowest BCUT2D eigenvalue weighted by molar-refractivity contribution is 0.102. The van der Waals surface area contributed by atoms with Gasteiger partial charge in [-0.3, -0.25) is 4.79 Å². The van der Waals surface area contributed by atoms with Gasteiger partial charge in [-0.05, 0) is 40.8 Å². The summed E-state index contributed by atoms with van der Waals surface area (Å²) in [7, 11) is 0. The SMILES string of the molecule is O=C(Nc1cc(F)cc(F)c1F)c1ccc(F)cc1I. The van der Waals surface area contributed by atoms with Crippen molar-refractivity contribution in [1.29, 1.82) is 0 Å². The van der Waals surface area contributed by atoms with Crippen LogP contribution < -0.4 is 5.32 Å². The molecular formula is C13H6F4INO. The second kappa shape index (κ2) is 5.78. The second-order valence-corrected chi connectivity index (χ2v) is 4.99. The normalized spacial score (nSPS) is 10.4. The highest BCUT2D eigenvalue weighted by atomic mass is 127. The van der Waals surface area contributed by atoms with E-state index in [0.29, 0.717) is 12.1 Å². The summed E-state index contributed by atoms with van der Waals surface area (Å²) >= 11 is 1.72. The number of hydrogen-bond acceptors (Lipinski definition) is 1. The van der Waals surface area contributed by atoms with E-state index in [1.54, 1.807) is 22.6 Å². The molecule has 0 heterocycles. The minimum atomic E-state index is -1.41. The number of nitrogens with one attached hydrogen (secondary N) is 1. The molecule has 104 valence electrons. The Morgan fingerprint density at radius 1 is 1.00 bits per heavy atom. The smallest absolute Gasteiger partial charge is 0.256 e. The summed E-state index contributed by atoms with van der Waals surface area (Å²) in [5.74, 6) is -5.12. The quantitative estimate of drug-likeness (QED) is 0.463. The van der Waals surface area contributed by atoms with Crippen LogP contribution in [-0.4, -0.2) is 5.91 Å². The Kier molecular flexibility index (Phi) is 4.26. The molecule has 1 N–H and O–H groups in total. The van der Waals surface area contributed by atoms with Crippen LogP contribution in [0.3, 0.4) is 0 Å². The lowest BCUT2D eigenvalue weighted by Crippen LogP contribution is -2.15. The predicted octanol–water partition coefficient (Wildman–Crippen LogP) is 4.10. The molecule has 1 amide bonds. The molecule has 0 fully saturated rings. The Morgan fingerprint density at radius 3 is 2.35 bits per heavy atom. The number of anilines is 1. The number of carbonyl (C=O) groups excluding carboxylic acids is 1. The molecule has 0 aromatic heterocycles. The van der Waals surface area contributed by atoms with Crippen molar-refractivity contribution in [2.45, 2.75) is 0 Å². The summed E-state index contributed by atoms with van der Waals surface area (Å²) in [6.45, 7) is 0. The number of carbonyl (C=O) groups is 1. The van der Waals surface area contributed by atoms with E-state index in [0.717, 1.165) is 12.1 Å². The third kappa shape index (κ3) is 3.09. The molecule has 0 unspecified atom stereocenters. The molecule has 0 aliphatic heterocycles. The zero-order chi connectivity index (χ0) is 14.9. The Morgan fingerprint density at radius 2 is 1.70 bits per heavy atom. The summed E-state index contributed by atoms with van der Waals surface area (Å²) < 4.78 is 52.6. The standard InChI is InChI=1S/C13H6F4INO/c14-6-1-2-8(10(18)4-6)13(20)19-11-5-7(15)3-9(16)12(11)17/h1-5H,(H,19,20). The Bertz CT molecular complexity index is 690. The first-order valence-corrected chi connectivity index (χ1v) is 6.37. The zero-order valence-corrected chi connectivity index (χ0v) is 11.8. The first kappa shape index (κ1) is 14.8. The molecular weight excluding hydrogens is 389 g/mol. The molecule has 0 aliphatic carbocycles. The van der Waals surface area contributed by atoms with Crippen LogP contribution in [0.5, 0.6) is 0 Å². The maximum atomic E-state index is 13.4. The van der Waals surface area contributed by atoms with Gasteiger partial charge in [-0.25, -0.2) is 17.6 Å². The average molecular weight is 395 g/mol. The first-order chi connectivity index (χ1) is 9.38. The molecule has 20 heavy (non-hydrogen) atoms. The fourth-order valence-corrected chi connectivity index (χ4v) is 2.23. The molecule has 2 aromatic carbocycles. The highest BCUT2D eigenvalue weighted by Crippen LogP contribution is 2.21. The van der Waals surface area contributed by atoms with Gasteiger partial charge >= 0.3 is 0 Å². The third-order valence-corrected chi connectivity index (χ3v) is 3.31. The van der Waals surface area contributed by atoms with Crippen molar-refractivity contribution in [3.8, 4) is 0 Å². The van der Waals surface area contributed by atoms with E-state index < -0.39 is 34.9 Å². The molecule has 2 rings (SSSR count). The third-order valence-electron chi connectivity index (χ3n) is 2.42. The van der Waals surface area contributed by atoms with E-state index >= 15 is 0 Å². The van der Waals surface area contributed by atoms with Crippen LogP contribution in [0.1, 0.15) is 10.4 Å². The van der Waals surface area contributed by atoms with Crippen LogP contribution in [0, 0.1) is 26.8 Å². The summed E-state index contributed by atoms with van der Waals surface area (Å²) in [5, 5.41) is 2.05. The molecule has 0 saturated heterocycles. The van der Waals surface area contributed by atoms with E-state index in [-0.39, 0.29) is 9.13 Å². The van der Waals surface area contributed by atoms with Gasteiger partial charge in [0, 0.05) is 15.7 Å². The number of halogens is 5. The van der Waals surface area contributed by atoms with Crippen molar-refractivity contribution in [2.75, 3.05) is 5.32 Å². The molecule has 0 spiro atoms. The minimum absolute atomic E-state index is 0.0658. The van der Waals surface area contributed by atoms with Gasteiger partial charge in [0.25, 0.3) is 5.91 Å². The van der Waals surface area contributed by atoms with Crippen molar-refractivity contribution in [3.05, 3.63) is 62.7 Å². The summed E-state index contributed by atoms with van der Waals surface area (Å²) in [6, 6.07) is 4.39. The number of benzene rings is 2. The maximum Gasteiger partial charge on any atom is 0.256 e. The number of rotatable bonds is 2. The second-order valence-electron chi connectivity index (χ2n) is 3.83. The molecule has 0 aliphatic rings. The van der Waals surface area contributed by atoms with Crippen molar-refractivity contribution in [2.24, 2.45) is 0 Å². The molecule has 0 radical (unpaired) electrons. The fourth-order valence-electron chi connectivity index (χ4n) is 1.51. The van der Waals surface area contributed by atoms with E-state index in [1.807, 2.05) is 5.32 Å². The largest absolute Gasteiger partial charge is 0.319 e. The summed E-state index contributed by atoms with van der Waals surface area (Å²) in [6.07, 6.45) is 0. The Hall–Kier alpha value is -1.64. The number of hydrogen-bond donors (Lipinski definition) is 1. The van der Waals surface area contributed by atoms with Crippen LogP contribution in [0.15, 0.2) is 30.3 Å². The van der Waals surface area contributed by atoms with E-state index in [4.69, 9.17) is 0 Å². The highest BCUT2D eigenvalue weighted by molar-refractivity contribution is 14.1. The van der Waals surface area contributed by atoms with Gasteiger partial charge in [-0.1, -0.05) is 0 Å². The van der Waals surface area contributed by atoms with Crippen molar-refractivity contribution in [1.82, 2.24) is 0 Å². The van der Waals surface area contributed by atoms with Crippen LogP contribution in [0.25, 0.3) is 0 Å². The van der Waals surface area contributed by atoms with Gasteiger partial charge in [0.15, 0.2) is 11.6 Å². The highest BCUT2D eigenvalue weighted by Gasteiger charge is 2.16. The van der Waals surface area contributed by atoms with Gasteiger partial charge in [0.1, 0.15) is 11.6 Å². The molecule has 2 nitrogen and oxygen atoms in total. The molecule has 0 bridgehead atoms. The predicted molar refractivity (Wildman–Crippen MR) is 73.4 cm³/mol. The molecule has 2 aromatic rings. The minimum Gasteiger partial charge on any atom is -0.319 e. The molecule has 0 saturated carbocycles. The molecule has 0 atom stereocenters. The van der Waals surface area contributed by atoms with Gasteiger partial charge in [0.2, 0.25) is 0 Å². The monoisotopic (exact) mass is 395 g/mol. The fraction of sp³-hybridized carbons (Fsp3) is 0. The van der Waals surface area contributed by atoms with E-state index in [1.165, 1.54) is 6.07 Å². The van der Waals surface area contributed by atoms with Crippen molar-refractivity contribution < 1.29 is 22.4 Å². The Labute approximate surface area is 124 Å². The van der Waals surface area contributed by atoms with Gasteiger partial charge in [-0.2, -0.15) is 0 Å². The lowest BCUT2D eigenvalue weighted by atomic mass is 10.2. The van der Waals surface area contributed by atoms with Crippen LogP contribution in [-0.2, 0) is 0 Å². The van der Waals surface area contributed by atoms with Gasteiger partial charge < -0.3 is 5.32 Å². The summed E-state index contributed by atoms with van der Waals surface area (Å²) in [5.41, 5.74) is -0.552. The zero-order valence-electron chi connectivity index (χ0n) is 9.68. The van der Waals surface area contributed by atoms with Gasteiger partial charge in [-0.15, -0.1) is 0 Å². The first-order valence-electron chi connectivity index (χ1n) is 5.29. The average Bonchev–Trinajstić information content (AvgIpc) is 2.35. The Balaban J connectivity index is 2.32. The summed E-state index contributed by atoms with van der Waals surface area (Å²) in [4.78, 5) is 11.9. The molecule has 7 heteroatoms. The lowest BCUT2D eigenvalue weighted by Gasteiger charge is -2.08. The van der Waals surface area contributed by atoms with Crippen LogP contribution in [0.2, 0.25) is 0 Å². The topological polar surface area (TPSA) is 29.1 Å². The van der Waals surface area contributed by atoms with Crippen molar-refractivity contribution >= 4 is 34.2 Å². The van der Waals surface area contributed by atoms with Gasteiger partial charge in [0.05, 0.1) is 11.3 Å². The van der Waals surface area contributed by atoms with Crippen molar-refractivity contribution in [3.63, 3.8) is 0 Å². The van der Waals surface area contributed by atoms with E-state index in [9.17, 15) is 22.4 Å². The number of amides is 1. The maximum absolute atomic E-state index is 13.4. The van der Waals surface area contributed by atoms with Crippen LogP contribution in [0.4, 0.5) is 23.2 Å². The van der Waals surface area contributed by atoms with Crippen LogP contribution >= 0.6 is 22.6 Å². The van der Waals surface area contributed by atoms with E-state index in [2.05, 4.69) is 0 Å².